The highest BCUT2D eigenvalue weighted by molar-refractivity contribution is 6.29. The maximum atomic E-state index is 5.95. The second-order valence-corrected chi connectivity index (χ2v) is 5.76. The predicted molar refractivity (Wildman–Crippen MR) is 73.7 cm³/mol. The summed E-state index contributed by atoms with van der Waals surface area (Å²) in [5, 5.41) is 4.24. The average Bonchev–Trinajstić information content (AvgIpc) is 2.98. The minimum absolute atomic E-state index is 0.599. The monoisotopic (exact) mass is 265 g/mol. The van der Waals surface area contributed by atoms with Gasteiger partial charge in [-0.2, -0.15) is 0 Å². The zero-order chi connectivity index (χ0) is 12.4. The lowest BCUT2D eigenvalue weighted by atomic mass is 10.0. The molecule has 2 atom stereocenters. The summed E-state index contributed by atoms with van der Waals surface area (Å²) in [6.45, 7) is 3.41. The number of aromatic nitrogens is 1. The Morgan fingerprint density at radius 3 is 3.11 bits per heavy atom. The average molecular weight is 266 g/mol. The van der Waals surface area contributed by atoms with E-state index in [9.17, 15) is 0 Å². The smallest absolute Gasteiger partial charge is 0.129 e. The lowest BCUT2D eigenvalue weighted by molar-refractivity contribution is 0.206. The SMILES string of the molecule is Clc1cc(CN2CCCC2C2CCCN2)ccn1. The first-order valence-corrected chi connectivity index (χ1v) is 7.28. The van der Waals surface area contributed by atoms with Crippen molar-refractivity contribution in [1.82, 2.24) is 15.2 Å². The van der Waals surface area contributed by atoms with Gasteiger partial charge < -0.3 is 5.32 Å². The van der Waals surface area contributed by atoms with Crippen molar-refractivity contribution >= 4 is 11.6 Å². The van der Waals surface area contributed by atoms with Crippen LogP contribution in [0.4, 0.5) is 0 Å². The van der Waals surface area contributed by atoms with Crippen LogP contribution in [0.25, 0.3) is 0 Å². The number of hydrogen-bond donors (Lipinski definition) is 1. The molecule has 0 amide bonds. The second kappa shape index (κ2) is 5.55. The molecule has 98 valence electrons. The van der Waals surface area contributed by atoms with E-state index in [1.807, 2.05) is 6.07 Å². The lowest BCUT2D eigenvalue weighted by Gasteiger charge is -2.29. The van der Waals surface area contributed by atoms with Crippen LogP contribution >= 0.6 is 11.6 Å². The standard InChI is InChI=1S/C14H20ClN3/c15-14-9-11(5-7-17-14)10-18-8-2-4-13(18)12-3-1-6-16-12/h5,7,9,12-13,16H,1-4,6,8,10H2. The Morgan fingerprint density at radius 1 is 1.39 bits per heavy atom. The van der Waals surface area contributed by atoms with E-state index >= 15 is 0 Å². The normalized spacial score (nSPS) is 28.9. The molecule has 0 bridgehead atoms. The number of nitrogens with one attached hydrogen (secondary N) is 1. The Balaban J connectivity index is 1.67. The van der Waals surface area contributed by atoms with E-state index in [2.05, 4.69) is 21.3 Å². The first kappa shape index (κ1) is 12.4. The van der Waals surface area contributed by atoms with Crippen molar-refractivity contribution in [3.8, 4) is 0 Å². The third kappa shape index (κ3) is 2.68. The molecule has 0 radical (unpaired) electrons. The van der Waals surface area contributed by atoms with E-state index < -0.39 is 0 Å². The topological polar surface area (TPSA) is 28.2 Å². The highest BCUT2D eigenvalue weighted by Gasteiger charge is 2.32. The van der Waals surface area contributed by atoms with Crippen molar-refractivity contribution in [2.45, 2.75) is 44.3 Å². The minimum Gasteiger partial charge on any atom is -0.312 e. The van der Waals surface area contributed by atoms with Gasteiger partial charge in [0.05, 0.1) is 0 Å². The van der Waals surface area contributed by atoms with Crippen molar-refractivity contribution in [1.29, 1.82) is 0 Å². The molecule has 2 aliphatic rings. The molecule has 2 unspecified atom stereocenters. The number of hydrogen-bond acceptors (Lipinski definition) is 3. The van der Waals surface area contributed by atoms with Crippen LogP contribution in [0, 0.1) is 0 Å². The molecular weight excluding hydrogens is 246 g/mol. The molecule has 2 saturated heterocycles. The molecular formula is C14H20ClN3. The molecule has 3 heterocycles. The van der Waals surface area contributed by atoms with Gasteiger partial charge in [0.25, 0.3) is 0 Å². The second-order valence-electron chi connectivity index (χ2n) is 5.37. The summed E-state index contributed by atoms with van der Waals surface area (Å²) < 4.78 is 0. The van der Waals surface area contributed by atoms with E-state index in [4.69, 9.17) is 11.6 Å². The van der Waals surface area contributed by atoms with E-state index in [1.54, 1.807) is 6.20 Å². The van der Waals surface area contributed by atoms with E-state index in [0.29, 0.717) is 17.2 Å². The van der Waals surface area contributed by atoms with Gasteiger partial charge in [-0.1, -0.05) is 11.6 Å². The third-order valence-corrected chi connectivity index (χ3v) is 4.36. The summed E-state index contributed by atoms with van der Waals surface area (Å²) >= 11 is 5.95. The van der Waals surface area contributed by atoms with E-state index in [1.165, 1.54) is 44.3 Å². The molecule has 2 fully saturated rings. The summed E-state index contributed by atoms with van der Waals surface area (Å²) in [7, 11) is 0. The molecule has 1 N–H and O–H groups in total. The van der Waals surface area contributed by atoms with Gasteiger partial charge in [-0.05, 0) is 56.5 Å². The van der Waals surface area contributed by atoms with Crippen LogP contribution in [-0.4, -0.2) is 35.1 Å². The number of rotatable bonds is 3. The Hall–Kier alpha value is -0.640. The summed E-state index contributed by atoms with van der Waals surface area (Å²) in [4.78, 5) is 6.65. The fourth-order valence-electron chi connectivity index (χ4n) is 3.32. The number of nitrogens with zero attached hydrogens (tertiary/aromatic N) is 2. The van der Waals surface area contributed by atoms with Gasteiger partial charge in [0.15, 0.2) is 0 Å². The Labute approximate surface area is 114 Å². The number of pyridine rings is 1. The molecule has 4 heteroatoms. The maximum Gasteiger partial charge on any atom is 0.129 e. The summed E-state index contributed by atoms with van der Waals surface area (Å²) in [5.74, 6) is 0. The van der Waals surface area contributed by atoms with Crippen LogP contribution in [0.15, 0.2) is 18.3 Å². The van der Waals surface area contributed by atoms with Crippen LogP contribution in [0.1, 0.15) is 31.2 Å². The van der Waals surface area contributed by atoms with Crippen molar-refractivity contribution in [2.75, 3.05) is 13.1 Å². The van der Waals surface area contributed by atoms with Crippen LogP contribution in [0.2, 0.25) is 5.15 Å². The summed E-state index contributed by atoms with van der Waals surface area (Å²) in [6.07, 6.45) is 7.11. The van der Waals surface area contributed by atoms with Crippen LogP contribution in [0.3, 0.4) is 0 Å². The fraction of sp³-hybridized carbons (Fsp3) is 0.643. The summed E-state index contributed by atoms with van der Waals surface area (Å²) in [6, 6.07) is 5.46. The largest absolute Gasteiger partial charge is 0.312 e. The Kier molecular flexibility index (Phi) is 3.83. The van der Waals surface area contributed by atoms with E-state index in [-0.39, 0.29) is 0 Å². The van der Waals surface area contributed by atoms with Gasteiger partial charge in [-0.25, -0.2) is 4.98 Å². The lowest BCUT2D eigenvalue weighted by Crippen LogP contribution is -2.43. The number of likely N-dealkylation sites (tertiary alicyclic amines) is 1. The molecule has 3 rings (SSSR count). The number of halogens is 1. The molecule has 18 heavy (non-hydrogen) atoms. The van der Waals surface area contributed by atoms with Gasteiger partial charge in [0, 0.05) is 24.8 Å². The summed E-state index contributed by atoms with van der Waals surface area (Å²) in [5.41, 5.74) is 1.28. The highest BCUT2D eigenvalue weighted by atomic mass is 35.5. The molecule has 0 aromatic carbocycles. The Morgan fingerprint density at radius 2 is 2.33 bits per heavy atom. The van der Waals surface area contributed by atoms with Crippen LogP contribution in [0.5, 0.6) is 0 Å². The first-order chi connectivity index (χ1) is 8.83. The van der Waals surface area contributed by atoms with E-state index in [0.717, 1.165) is 6.54 Å². The highest BCUT2D eigenvalue weighted by Crippen LogP contribution is 2.26. The quantitative estimate of drug-likeness (QED) is 0.851. The molecule has 3 nitrogen and oxygen atoms in total. The molecule has 1 aromatic rings. The van der Waals surface area contributed by atoms with Crippen LogP contribution < -0.4 is 5.32 Å². The minimum atomic E-state index is 0.599. The van der Waals surface area contributed by atoms with Crippen molar-refractivity contribution in [2.24, 2.45) is 0 Å². The van der Waals surface area contributed by atoms with Gasteiger partial charge in [-0.15, -0.1) is 0 Å². The van der Waals surface area contributed by atoms with Gasteiger partial charge in [0.1, 0.15) is 5.15 Å². The molecule has 0 saturated carbocycles. The molecule has 0 spiro atoms. The van der Waals surface area contributed by atoms with Crippen LogP contribution in [-0.2, 0) is 6.54 Å². The van der Waals surface area contributed by atoms with Crippen molar-refractivity contribution in [3.05, 3.63) is 29.0 Å². The predicted octanol–water partition coefficient (Wildman–Crippen LogP) is 2.45. The fourth-order valence-corrected chi connectivity index (χ4v) is 3.52. The Bertz CT molecular complexity index is 404. The molecule has 0 aliphatic carbocycles. The van der Waals surface area contributed by atoms with Crippen molar-refractivity contribution in [3.63, 3.8) is 0 Å². The van der Waals surface area contributed by atoms with Gasteiger partial charge in [-0.3, -0.25) is 4.90 Å². The van der Waals surface area contributed by atoms with Gasteiger partial charge >= 0.3 is 0 Å². The molecule has 1 aromatic heterocycles. The van der Waals surface area contributed by atoms with Crippen molar-refractivity contribution < 1.29 is 0 Å². The molecule has 2 aliphatic heterocycles. The first-order valence-electron chi connectivity index (χ1n) is 6.91. The third-order valence-electron chi connectivity index (χ3n) is 4.15. The maximum absolute atomic E-state index is 5.95. The van der Waals surface area contributed by atoms with Gasteiger partial charge in [0.2, 0.25) is 0 Å². The zero-order valence-electron chi connectivity index (χ0n) is 10.6. The zero-order valence-corrected chi connectivity index (χ0v) is 11.4.